The standard InChI is InChI=1S/C23H24N2O2S/c1-27-22-8-6-19(7-9-22)23(26)24-21-10-12-25(15-21)14-17-2-4-18(5-3-17)20-11-13-28-16-20/h2-9,11,13,16,21H,10,12,14-15H2,1H3,(H,24,26). The van der Waals surface area contributed by atoms with E-state index in [0.717, 1.165) is 31.8 Å². The molecule has 0 aliphatic carbocycles. The van der Waals surface area contributed by atoms with E-state index < -0.39 is 0 Å². The Labute approximate surface area is 169 Å². The van der Waals surface area contributed by atoms with Gasteiger partial charge in [0.05, 0.1) is 7.11 Å². The van der Waals surface area contributed by atoms with E-state index in [2.05, 4.69) is 51.3 Å². The van der Waals surface area contributed by atoms with Crippen molar-refractivity contribution in [3.05, 3.63) is 76.5 Å². The average molecular weight is 393 g/mol. The molecule has 4 rings (SSSR count). The predicted molar refractivity (Wildman–Crippen MR) is 114 cm³/mol. The first-order valence-electron chi connectivity index (χ1n) is 9.50. The Morgan fingerprint density at radius 3 is 2.57 bits per heavy atom. The molecule has 0 radical (unpaired) electrons. The number of rotatable bonds is 6. The van der Waals surface area contributed by atoms with Gasteiger partial charge in [0.2, 0.25) is 0 Å². The molecule has 0 spiro atoms. The van der Waals surface area contributed by atoms with Crippen LogP contribution in [0.1, 0.15) is 22.3 Å². The molecule has 1 aromatic heterocycles. The van der Waals surface area contributed by atoms with E-state index in [0.29, 0.717) is 5.56 Å². The first-order chi connectivity index (χ1) is 13.7. The Bertz CT molecular complexity index is 905. The van der Waals surface area contributed by atoms with Gasteiger partial charge >= 0.3 is 0 Å². The van der Waals surface area contributed by atoms with Crippen molar-refractivity contribution in [2.45, 2.75) is 19.0 Å². The number of thiophene rings is 1. The van der Waals surface area contributed by atoms with Crippen molar-refractivity contribution in [3.63, 3.8) is 0 Å². The summed E-state index contributed by atoms with van der Waals surface area (Å²) >= 11 is 1.72. The van der Waals surface area contributed by atoms with Gasteiger partial charge < -0.3 is 10.1 Å². The lowest BCUT2D eigenvalue weighted by Gasteiger charge is -2.17. The molecule has 144 valence electrons. The summed E-state index contributed by atoms with van der Waals surface area (Å²) in [6.07, 6.45) is 0.981. The molecule has 1 amide bonds. The molecular weight excluding hydrogens is 368 g/mol. The van der Waals surface area contributed by atoms with Gasteiger partial charge in [-0.15, -0.1) is 0 Å². The molecule has 1 unspecified atom stereocenters. The van der Waals surface area contributed by atoms with Gasteiger partial charge in [0.25, 0.3) is 5.91 Å². The Morgan fingerprint density at radius 2 is 1.89 bits per heavy atom. The zero-order valence-electron chi connectivity index (χ0n) is 15.9. The van der Waals surface area contributed by atoms with Crippen LogP contribution < -0.4 is 10.1 Å². The van der Waals surface area contributed by atoms with E-state index in [1.165, 1.54) is 16.7 Å². The Balaban J connectivity index is 1.29. The van der Waals surface area contributed by atoms with Crippen LogP contribution in [0.5, 0.6) is 5.75 Å². The topological polar surface area (TPSA) is 41.6 Å². The number of hydrogen-bond acceptors (Lipinski definition) is 4. The van der Waals surface area contributed by atoms with Gasteiger partial charge in [-0.3, -0.25) is 9.69 Å². The van der Waals surface area contributed by atoms with Crippen molar-refractivity contribution in [2.75, 3.05) is 20.2 Å². The predicted octanol–water partition coefficient (Wildman–Crippen LogP) is 4.43. The minimum atomic E-state index is -0.0189. The van der Waals surface area contributed by atoms with Crippen LogP contribution in [-0.4, -0.2) is 37.0 Å². The largest absolute Gasteiger partial charge is 0.497 e. The maximum absolute atomic E-state index is 12.4. The average Bonchev–Trinajstić information content (AvgIpc) is 3.41. The number of methoxy groups -OCH3 is 1. The van der Waals surface area contributed by atoms with Crippen molar-refractivity contribution in [1.29, 1.82) is 0 Å². The molecule has 3 aromatic rings. The minimum absolute atomic E-state index is 0.0189. The third-order valence-corrected chi connectivity index (χ3v) is 5.86. The molecule has 4 nitrogen and oxygen atoms in total. The summed E-state index contributed by atoms with van der Waals surface area (Å²) in [4.78, 5) is 14.8. The van der Waals surface area contributed by atoms with Crippen LogP contribution in [0.25, 0.3) is 11.1 Å². The van der Waals surface area contributed by atoms with Crippen LogP contribution >= 0.6 is 11.3 Å². The molecule has 1 fully saturated rings. The summed E-state index contributed by atoms with van der Waals surface area (Å²) in [5.41, 5.74) is 4.51. The first-order valence-corrected chi connectivity index (χ1v) is 10.4. The number of carbonyl (C=O) groups excluding carboxylic acids is 1. The zero-order valence-corrected chi connectivity index (χ0v) is 16.7. The second-order valence-corrected chi connectivity index (χ2v) is 7.91. The second-order valence-electron chi connectivity index (χ2n) is 7.13. The highest BCUT2D eigenvalue weighted by molar-refractivity contribution is 7.08. The van der Waals surface area contributed by atoms with E-state index in [-0.39, 0.29) is 11.9 Å². The lowest BCUT2D eigenvalue weighted by atomic mass is 10.1. The van der Waals surface area contributed by atoms with Crippen molar-refractivity contribution in [3.8, 4) is 16.9 Å². The van der Waals surface area contributed by atoms with E-state index in [1.807, 2.05) is 12.1 Å². The molecule has 1 N–H and O–H groups in total. The summed E-state index contributed by atoms with van der Waals surface area (Å²) < 4.78 is 5.14. The van der Waals surface area contributed by atoms with Crippen LogP contribution in [-0.2, 0) is 6.54 Å². The number of hydrogen-bond donors (Lipinski definition) is 1. The lowest BCUT2D eigenvalue weighted by molar-refractivity contribution is 0.0937. The number of amides is 1. The van der Waals surface area contributed by atoms with Crippen LogP contribution in [0.3, 0.4) is 0 Å². The molecular formula is C23H24N2O2S. The number of carbonyl (C=O) groups is 1. The number of likely N-dealkylation sites (tertiary alicyclic amines) is 1. The van der Waals surface area contributed by atoms with E-state index in [4.69, 9.17) is 4.74 Å². The van der Waals surface area contributed by atoms with Crippen LogP contribution in [0.4, 0.5) is 0 Å². The van der Waals surface area contributed by atoms with E-state index >= 15 is 0 Å². The van der Waals surface area contributed by atoms with Crippen molar-refractivity contribution < 1.29 is 9.53 Å². The highest BCUT2D eigenvalue weighted by Crippen LogP contribution is 2.23. The number of ether oxygens (including phenoxy) is 1. The monoisotopic (exact) mass is 392 g/mol. The summed E-state index contributed by atoms with van der Waals surface area (Å²) in [7, 11) is 1.62. The Morgan fingerprint density at radius 1 is 1.11 bits per heavy atom. The highest BCUT2D eigenvalue weighted by Gasteiger charge is 2.24. The molecule has 2 aromatic carbocycles. The van der Waals surface area contributed by atoms with E-state index in [1.54, 1.807) is 30.6 Å². The minimum Gasteiger partial charge on any atom is -0.497 e. The summed E-state index contributed by atoms with van der Waals surface area (Å²) in [6.45, 7) is 2.80. The number of benzene rings is 2. The molecule has 5 heteroatoms. The molecule has 28 heavy (non-hydrogen) atoms. The molecule has 0 bridgehead atoms. The first kappa shape index (κ1) is 18.7. The van der Waals surface area contributed by atoms with Crippen molar-refractivity contribution in [1.82, 2.24) is 10.2 Å². The lowest BCUT2D eigenvalue weighted by Crippen LogP contribution is -2.36. The summed E-state index contributed by atoms with van der Waals surface area (Å²) in [5, 5.41) is 7.43. The Kier molecular flexibility index (Phi) is 5.74. The SMILES string of the molecule is COc1ccc(C(=O)NC2CCN(Cc3ccc(-c4ccsc4)cc3)C2)cc1. The van der Waals surface area contributed by atoms with E-state index in [9.17, 15) is 4.79 Å². The van der Waals surface area contributed by atoms with Gasteiger partial charge in [0, 0.05) is 31.2 Å². The summed E-state index contributed by atoms with van der Waals surface area (Å²) in [6, 6.07) is 18.4. The van der Waals surface area contributed by atoms with Crippen LogP contribution in [0.2, 0.25) is 0 Å². The van der Waals surface area contributed by atoms with Gasteiger partial charge in [0.15, 0.2) is 0 Å². The highest BCUT2D eigenvalue weighted by atomic mass is 32.1. The summed E-state index contributed by atoms with van der Waals surface area (Å²) in [5.74, 6) is 0.739. The molecule has 1 atom stereocenters. The zero-order chi connectivity index (χ0) is 19.3. The smallest absolute Gasteiger partial charge is 0.251 e. The van der Waals surface area contributed by atoms with Crippen LogP contribution in [0.15, 0.2) is 65.4 Å². The fraction of sp³-hybridized carbons (Fsp3) is 0.261. The third kappa shape index (κ3) is 4.43. The maximum atomic E-state index is 12.4. The third-order valence-electron chi connectivity index (χ3n) is 5.17. The second kappa shape index (κ2) is 8.59. The van der Waals surface area contributed by atoms with Crippen molar-refractivity contribution in [2.24, 2.45) is 0 Å². The molecule has 1 aliphatic heterocycles. The molecule has 1 aliphatic rings. The van der Waals surface area contributed by atoms with Crippen LogP contribution in [0, 0.1) is 0 Å². The molecule has 2 heterocycles. The normalized spacial score (nSPS) is 16.8. The van der Waals surface area contributed by atoms with Gasteiger partial charge in [0.1, 0.15) is 5.75 Å². The maximum Gasteiger partial charge on any atom is 0.251 e. The molecule has 0 saturated carbocycles. The van der Waals surface area contributed by atoms with Gasteiger partial charge in [-0.1, -0.05) is 24.3 Å². The number of nitrogens with zero attached hydrogens (tertiary/aromatic N) is 1. The van der Waals surface area contributed by atoms with Crippen molar-refractivity contribution >= 4 is 17.2 Å². The fourth-order valence-corrected chi connectivity index (χ4v) is 4.26. The molecule has 1 saturated heterocycles. The fourth-order valence-electron chi connectivity index (χ4n) is 3.59. The number of nitrogens with one attached hydrogen (secondary N) is 1. The Hall–Kier alpha value is -2.63. The van der Waals surface area contributed by atoms with Gasteiger partial charge in [-0.25, -0.2) is 0 Å². The van der Waals surface area contributed by atoms with Gasteiger partial charge in [-0.2, -0.15) is 11.3 Å². The van der Waals surface area contributed by atoms with Gasteiger partial charge in [-0.05, 0) is 64.2 Å². The quantitative estimate of drug-likeness (QED) is 0.675.